The van der Waals surface area contributed by atoms with Gasteiger partial charge in [0.15, 0.2) is 0 Å². The molecule has 1 unspecified atom stereocenters. The topological polar surface area (TPSA) is 49.3 Å². The van der Waals surface area contributed by atoms with Crippen LogP contribution in [0.3, 0.4) is 0 Å². The summed E-state index contributed by atoms with van der Waals surface area (Å²) in [6.45, 7) is 6.71. The van der Waals surface area contributed by atoms with Crippen molar-refractivity contribution < 1.29 is 9.90 Å². The van der Waals surface area contributed by atoms with Crippen molar-refractivity contribution >= 4 is 5.91 Å². The van der Waals surface area contributed by atoms with Crippen molar-refractivity contribution in [2.24, 2.45) is 5.92 Å². The molecular formula is C14H29NO2. The van der Waals surface area contributed by atoms with Crippen LogP contribution in [0.4, 0.5) is 0 Å². The zero-order valence-electron chi connectivity index (χ0n) is 11.7. The van der Waals surface area contributed by atoms with Gasteiger partial charge in [0, 0.05) is 13.0 Å². The highest BCUT2D eigenvalue weighted by Crippen LogP contribution is 2.05. The number of rotatable bonds is 10. The molecule has 0 bridgehead atoms. The average molecular weight is 243 g/mol. The van der Waals surface area contributed by atoms with E-state index in [9.17, 15) is 9.90 Å². The Morgan fingerprint density at radius 3 is 2.41 bits per heavy atom. The number of carbonyl (C=O) groups is 1. The smallest absolute Gasteiger partial charge is 0.220 e. The molecule has 0 saturated heterocycles. The molecule has 0 aromatic heterocycles. The van der Waals surface area contributed by atoms with Gasteiger partial charge in [0.05, 0.1) is 6.10 Å². The number of hydrogen-bond donors (Lipinski definition) is 2. The second-order valence-corrected chi connectivity index (χ2v) is 5.25. The summed E-state index contributed by atoms with van der Waals surface area (Å²) in [5, 5.41) is 12.4. The normalized spacial score (nSPS) is 12.8. The maximum atomic E-state index is 11.4. The quantitative estimate of drug-likeness (QED) is 0.580. The zero-order chi connectivity index (χ0) is 13.1. The Morgan fingerprint density at radius 1 is 1.18 bits per heavy atom. The van der Waals surface area contributed by atoms with Crippen LogP contribution in [0.5, 0.6) is 0 Å². The van der Waals surface area contributed by atoms with Crippen LogP contribution in [0.15, 0.2) is 0 Å². The molecule has 0 aliphatic heterocycles. The molecule has 3 nitrogen and oxygen atoms in total. The lowest BCUT2D eigenvalue weighted by molar-refractivity contribution is -0.121. The van der Waals surface area contributed by atoms with Gasteiger partial charge in [-0.15, -0.1) is 0 Å². The van der Waals surface area contributed by atoms with Gasteiger partial charge in [-0.3, -0.25) is 4.79 Å². The number of amides is 1. The van der Waals surface area contributed by atoms with Crippen LogP contribution in [0, 0.1) is 5.92 Å². The first kappa shape index (κ1) is 16.4. The first-order chi connectivity index (χ1) is 8.06. The van der Waals surface area contributed by atoms with Crippen molar-refractivity contribution in [3.8, 4) is 0 Å². The van der Waals surface area contributed by atoms with Crippen molar-refractivity contribution in [1.82, 2.24) is 5.32 Å². The third-order valence-electron chi connectivity index (χ3n) is 2.79. The van der Waals surface area contributed by atoms with Gasteiger partial charge in [0.2, 0.25) is 5.91 Å². The van der Waals surface area contributed by atoms with Gasteiger partial charge < -0.3 is 10.4 Å². The SMILES string of the molecule is CCCCCCCC(=O)NCC(O)CC(C)C. The predicted octanol–water partition coefficient (Wildman–Crippen LogP) is 2.87. The third kappa shape index (κ3) is 11.7. The highest BCUT2D eigenvalue weighted by Gasteiger charge is 2.08. The summed E-state index contributed by atoms with van der Waals surface area (Å²) >= 11 is 0. The molecule has 0 saturated carbocycles. The first-order valence-electron chi connectivity index (χ1n) is 7.01. The molecule has 0 aromatic rings. The molecule has 1 amide bonds. The average Bonchev–Trinajstić information content (AvgIpc) is 2.25. The van der Waals surface area contributed by atoms with Gasteiger partial charge in [-0.1, -0.05) is 46.5 Å². The van der Waals surface area contributed by atoms with E-state index in [1.807, 2.05) is 0 Å². The highest BCUT2D eigenvalue weighted by molar-refractivity contribution is 5.75. The van der Waals surface area contributed by atoms with E-state index in [0.717, 1.165) is 19.3 Å². The Bertz CT molecular complexity index is 193. The van der Waals surface area contributed by atoms with E-state index < -0.39 is 6.10 Å². The van der Waals surface area contributed by atoms with Gasteiger partial charge in [0.1, 0.15) is 0 Å². The monoisotopic (exact) mass is 243 g/mol. The lowest BCUT2D eigenvalue weighted by atomic mass is 10.1. The fourth-order valence-corrected chi connectivity index (χ4v) is 1.84. The van der Waals surface area contributed by atoms with Crippen LogP contribution in [-0.2, 0) is 4.79 Å². The summed E-state index contributed by atoms with van der Waals surface area (Å²) < 4.78 is 0. The lowest BCUT2D eigenvalue weighted by Crippen LogP contribution is -2.32. The molecule has 0 fully saturated rings. The van der Waals surface area contributed by atoms with Crippen molar-refractivity contribution in [2.45, 2.75) is 71.8 Å². The predicted molar refractivity (Wildman–Crippen MR) is 71.8 cm³/mol. The lowest BCUT2D eigenvalue weighted by Gasteiger charge is -2.13. The van der Waals surface area contributed by atoms with Crippen molar-refractivity contribution in [1.29, 1.82) is 0 Å². The largest absolute Gasteiger partial charge is 0.391 e. The van der Waals surface area contributed by atoms with Crippen LogP contribution in [-0.4, -0.2) is 23.7 Å². The Morgan fingerprint density at radius 2 is 1.82 bits per heavy atom. The molecule has 0 heterocycles. The van der Waals surface area contributed by atoms with E-state index in [2.05, 4.69) is 26.1 Å². The van der Waals surface area contributed by atoms with Gasteiger partial charge >= 0.3 is 0 Å². The molecule has 0 radical (unpaired) electrons. The summed E-state index contributed by atoms with van der Waals surface area (Å²) in [5.41, 5.74) is 0. The molecule has 17 heavy (non-hydrogen) atoms. The van der Waals surface area contributed by atoms with Crippen LogP contribution in [0.1, 0.15) is 65.7 Å². The van der Waals surface area contributed by atoms with Gasteiger partial charge in [-0.05, 0) is 18.8 Å². The van der Waals surface area contributed by atoms with Gasteiger partial charge in [-0.25, -0.2) is 0 Å². The highest BCUT2D eigenvalue weighted by atomic mass is 16.3. The molecular weight excluding hydrogens is 214 g/mol. The number of aliphatic hydroxyl groups excluding tert-OH is 1. The van der Waals surface area contributed by atoms with Crippen LogP contribution in [0.25, 0.3) is 0 Å². The number of hydrogen-bond acceptors (Lipinski definition) is 2. The fourth-order valence-electron chi connectivity index (χ4n) is 1.84. The summed E-state index contributed by atoms with van der Waals surface area (Å²) in [5.74, 6) is 0.542. The Balaban J connectivity index is 3.40. The maximum Gasteiger partial charge on any atom is 0.220 e. The Hall–Kier alpha value is -0.570. The molecule has 3 heteroatoms. The van der Waals surface area contributed by atoms with E-state index in [4.69, 9.17) is 0 Å². The number of aliphatic hydroxyl groups is 1. The van der Waals surface area contributed by atoms with Crippen LogP contribution >= 0.6 is 0 Å². The van der Waals surface area contributed by atoms with E-state index in [0.29, 0.717) is 18.9 Å². The van der Waals surface area contributed by atoms with Gasteiger partial charge in [0.25, 0.3) is 0 Å². The second kappa shape index (κ2) is 10.6. The summed E-state index contributed by atoms with van der Waals surface area (Å²) in [7, 11) is 0. The number of unbranched alkanes of at least 4 members (excludes halogenated alkanes) is 4. The summed E-state index contributed by atoms with van der Waals surface area (Å²) in [6, 6.07) is 0. The third-order valence-corrected chi connectivity index (χ3v) is 2.79. The van der Waals surface area contributed by atoms with Gasteiger partial charge in [-0.2, -0.15) is 0 Å². The van der Waals surface area contributed by atoms with E-state index >= 15 is 0 Å². The molecule has 0 aliphatic rings. The number of nitrogens with one attached hydrogen (secondary N) is 1. The standard InChI is InChI=1S/C14H29NO2/c1-4-5-6-7-8-9-14(17)15-11-13(16)10-12(2)3/h12-13,16H,4-11H2,1-3H3,(H,15,17). The van der Waals surface area contributed by atoms with E-state index in [-0.39, 0.29) is 5.91 Å². The molecule has 0 spiro atoms. The minimum absolute atomic E-state index is 0.0734. The minimum atomic E-state index is -0.404. The summed E-state index contributed by atoms with van der Waals surface area (Å²) in [4.78, 5) is 11.4. The first-order valence-corrected chi connectivity index (χ1v) is 7.01. The van der Waals surface area contributed by atoms with E-state index in [1.54, 1.807) is 0 Å². The molecule has 1 atom stereocenters. The Labute approximate surface area is 106 Å². The van der Waals surface area contributed by atoms with Crippen molar-refractivity contribution in [3.63, 3.8) is 0 Å². The summed E-state index contributed by atoms with van der Waals surface area (Å²) in [6.07, 6.45) is 6.75. The molecule has 0 aliphatic carbocycles. The molecule has 0 rings (SSSR count). The van der Waals surface area contributed by atoms with Crippen molar-refractivity contribution in [2.75, 3.05) is 6.54 Å². The number of carbonyl (C=O) groups excluding carboxylic acids is 1. The molecule has 0 aromatic carbocycles. The Kier molecular flexibility index (Phi) is 10.2. The van der Waals surface area contributed by atoms with Crippen molar-refractivity contribution in [3.05, 3.63) is 0 Å². The maximum absolute atomic E-state index is 11.4. The molecule has 2 N–H and O–H groups in total. The minimum Gasteiger partial charge on any atom is -0.391 e. The van der Waals surface area contributed by atoms with E-state index in [1.165, 1.54) is 19.3 Å². The van der Waals surface area contributed by atoms with Crippen LogP contribution in [0.2, 0.25) is 0 Å². The second-order valence-electron chi connectivity index (χ2n) is 5.25. The van der Waals surface area contributed by atoms with Crippen LogP contribution < -0.4 is 5.32 Å². The fraction of sp³-hybridized carbons (Fsp3) is 0.929. The molecule has 102 valence electrons. The zero-order valence-corrected chi connectivity index (χ0v) is 11.7.